The van der Waals surface area contributed by atoms with Crippen molar-refractivity contribution in [1.82, 2.24) is 5.32 Å². The second-order valence-corrected chi connectivity index (χ2v) is 6.80. The first-order chi connectivity index (χ1) is 12.3. The molecule has 0 bridgehead atoms. The Hall–Kier alpha value is -2.18. The summed E-state index contributed by atoms with van der Waals surface area (Å²) in [5.41, 5.74) is 0.655. The molecule has 1 saturated heterocycles. The third kappa shape index (κ3) is 3.97. The minimum Gasteiger partial charge on any atom is -0.352 e. The summed E-state index contributed by atoms with van der Waals surface area (Å²) in [5, 5.41) is 3.63. The van der Waals surface area contributed by atoms with Crippen LogP contribution in [0.3, 0.4) is 0 Å². The van der Waals surface area contributed by atoms with Gasteiger partial charge >= 0.3 is 0 Å². The van der Waals surface area contributed by atoms with Gasteiger partial charge in [0.1, 0.15) is 11.6 Å². The highest BCUT2D eigenvalue weighted by molar-refractivity contribution is 6.35. The highest BCUT2D eigenvalue weighted by atomic mass is 35.5. The maximum absolute atomic E-state index is 13.9. The van der Waals surface area contributed by atoms with Crippen LogP contribution in [-0.4, -0.2) is 18.4 Å². The van der Waals surface area contributed by atoms with Gasteiger partial charge in [-0.25, -0.2) is 8.78 Å². The minimum atomic E-state index is -0.840. The number of carbonyl (C=O) groups excluding carboxylic acids is 2. The van der Waals surface area contributed by atoms with Gasteiger partial charge in [0.15, 0.2) is 0 Å². The van der Waals surface area contributed by atoms with Crippen molar-refractivity contribution in [2.24, 2.45) is 5.92 Å². The summed E-state index contributed by atoms with van der Waals surface area (Å²) in [4.78, 5) is 25.6. The maximum Gasteiger partial charge on any atom is 0.227 e. The molecule has 136 valence electrons. The van der Waals surface area contributed by atoms with Crippen LogP contribution in [0.1, 0.15) is 12.0 Å². The van der Waals surface area contributed by atoms with E-state index >= 15 is 0 Å². The Morgan fingerprint density at radius 3 is 2.65 bits per heavy atom. The van der Waals surface area contributed by atoms with Gasteiger partial charge in [-0.2, -0.15) is 0 Å². The second-order valence-electron chi connectivity index (χ2n) is 5.95. The van der Waals surface area contributed by atoms with Crippen molar-refractivity contribution in [2.75, 3.05) is 11.4 Å². The average Bonchev–Trinajstić information content (AvgIpc) is 2.95. The number of nitrogens with one attached hydrogen (secondary N) is 1. The number of anilines is 1. The largest absolute Gasteiger partial charge is 0.352 e. The lowest BCUT2D eigenvalue weighted by molar-refractivity contribution is -0.126. The Labute approximate surface area is 158 Å². The molecule has 0 radical (unpaired) electrons. The Kier molecular flexibility index (Phi) is 5.44. The van der Waals surface area contributed by atoms with Crippen LogP contribution >= 0.6 is 23.2 Å². The highest BCUT2D eigenvalue weighted by Gasteiger charge is 2.36. The highest BCUT2D eigenvalue weighted by Crippen LogP contribution is 2.28. The predicted octanol–water partition coefficient (Wildman–Crippen LogP) is 3.94. The molecule has 26 heavy (non-hydrogen) atoms. The molecule has 1 aliphatic heterocycles. The fourth-order valence-electron chi connectivity index (χ4n) is 2.81. The van der Waals surface area contributed by atoms with Gasteiger partial charge in [-0.15, -0.1) is 0 Å². The molecule has 1 heterocycles. The molecule has 1 unspecified atom stereocenters. The number of halogens is 4. The van der Waals surface area contributed by atoms with E-state index in [9.17, 15) is 18.4 Å². The number of rotatable bonds is 4. The quantitative estimate of drug-likeness (QED) is 0.847. The van der Waals surface area contributed by atoms with Crippen molar-refractivity contribution >= 4 is 40.7 Å². The van der Waals surface area contributed by atoms with Crippen LogP contribution in [0.5, 0.6) is 0 Å². The lowest BCUT2D eigenvalue weighted by Crippen LogP contribution is -2.32. The van der Waals surface area contributed by atoms with Crippen molar-refractivity contribution in [3.05, 3.63) is 63.6 Å². The molecule has 1 atom stereocenters. The fraction of sp³-hybridized carbons (Fsp3) is 0.222. The van der Waals surface area contributed by atoms with Gasteiger partial charge in [0.25, 0.3) is 0 Å². The number of amides is 2. The molecular weight excluding hydrogens is 385 g/mol. The Balaban J connectivity index is 1.65. The number of hydrogen-bond acceptors (Lipinski definition) is 2. The standard InChI is InChI=1S/C18H14Cl2F2N2O2/c19-12-2-1-10(14(20)6-12)8-23-18(26)11-5-17(25)24(9-11)16-4-3-13(21)7-15(16)22/h1-4,6-7,11H,5,8-9H2,(H,23,26). The van der Waals surface area contributed by atoms with E-state index in [2.05, 4.69) is 5.32 Å². The summed E-state index contributed by atoms with van der Waals surface area (Å²) < 4.78 is 26.9. The van der Waals surface area contributed by atoms with Gasteiger partial charge in [0.05, 0.1) is 11.6 Å². The molecule has 0 aromatic heterocycles. The summed E-state index contributed by atoms with van der Waals surface area (Å²) in [6.07, 6.45) is -0.0446. The number of hydrogen-bond donors (Lipinski definition) is 1. The molecule has 2 amide bonds. The van der Waals surface area contributed by atoms with E-state index in [4.69, 9.17) is 23.2 Å². The molecule has 1 aliphatic rings. The van der Waals surface area contributed by atoms with E-state index in [-0.39, 0.29) is 37.0 Å². The van der Waals surface area contributed by atoms with E-state index < -0.39 is 17.6 Å². The monoisotopic (exact) mass is 398 g/mol. The summed E-state index contributed by atoms with van der Waals surface area (Å²) in [5.74, 6) is -2.92. The zero-order valence-electron chi connectivity index (χ0n) is 13.4. The first kappa shape index (κ1) is 18.6. The molecule has 0 saturated carbocycles. The van der Waals surface area contributed by atoms with E-state index in [1.807, 2.05) is 0 Å². The van der Waals surface area contributed by atoms with Gasteiger partial charge < -0.3 is 10.2 Å². The van der Waals surface area contributed by atoms with Crippen molar-refractivity contribution in [1.29, 1.82) is 0 Å². The molecule has 1 N–H and O–H groups in total. The first-order valence-corrected chi connectivity index (χ1v) is 8.58. The second kappa shape index (κ2) is 7.60. The Morgan fingerprint density at radius 1 is 1.19 bits per heavy atom. The number of carbonyl (C=O) groups is 2. The molecule has 0 spiro atoms. The van der Waals surface area contributed by atoms with Crippen LogP contribution in [-0.2, 0) is 16.1 Å². The topological polar surface area (TPSA) is 49.4 Å². The average molecular weight is 399 g/mol. The zero-order valence-corrected chi connectivity index (χ0v) is 15.0. The van der Waals surface area contributed by atoms with Crippen LogP contribution in [0, 0.1) is 17.6 Å². The smallest absolute Gasteiger partial charge is 0.227 e. The normalized spacial score (nSPS) is 16.8. The lowest BCUT2D eigenvalue weighted by Gasteiger charge is -2.17. The molecule has 2 aromatic rings. The third-order valence-electron chi connectivity index (χ3n) is 4.16. The Morgan fingerprint density at radius 2 is 1.96 bits per heavy atom. The summed E-state index contributed by atoms with van der Waals surface area (Å²) >= 11 is 11.9. The maximum atomic E-state index is 13.9. The van der Waals surface area contributed by atoms with Crippen LogP contribution in [0.15, 0.2) is 36.4 Å². The lowest BCUT2D eigenvalue weighted by atomic mass is 10.1. The first-order valence-electron chi connectivity index (χ1n) is 7.82. The Bertz CT molecular complexity index is 876. The van der Waals surface area contributed by atoms with Crippen LogP contribution in [0.2, 0.25) is 10.0 Å². The molecule has 2 aromatic carbocycles. The number of benzene rings is 2. The van der Waals surface area contributed by atoms with Crippen molar-refractivity contribution < 1.29 is 18.4 Å². The van der Waals surface area contributed by atoms with Gasteiger partial charge in [-0.1, -0.05) is 29.3 Å². The summed E-state index contributed by atoms with van der Waals surface area (Å²) in [7, 11) is 0. The van der Waals surface area contributed by atoms with E-state index in [0.717, 1.165) is 11.0 Å². The SMILES string of the molecule is O=C(NCc1ccc(Cl)cc1Cl)C1CC(=O)N(c2ccc(F)cc2F)C1. The van der Waals surface area contributed by atoms with E-state index in [0.29, 0.717) is 21.7 Å². The van der Waals surface area contributed by atoms with Gasteiger partial charge in [0, 0.05) is 35.6 Å². The molecular formula is C18H14Cl2F2N2O2. The van der Waals surface area contributed by atoms with Crippen LogP contribution in [0.4, 0.5) is 14.5 Å². The third-order valence-corrected chi connectivity index (χ3v) is 4.75. The van der Waals surface area contributed by atoms with Crippen molar-refractivity contribution in [3.8, 4) is 0 Å². The van der Waals surface area contributed by atoms with Crippen molar-refractivity contribution in [3.63, 3.8) is 0 Å². The van der Waals surface area contributed by atoms with Crippen LogP contribution in [0.25, 0.3) is 0 Å². The van der Waals surface area contributed by atoms with Crippen LogP contribution < -0.4 is 10.2 Å². The van der Waals surface area contributed by atoms with Gasteiger partial charge in [-0.3, -0.25) is 9.59 Å². The molecule has 4 nitrogen and oxygen atoms in total. The van der Waals surface area contributed by atoms with Gasteiger partial charge in [-0.05, 0) is 29.8 Å². The van der Waals surface area contributed by atoms with Crippen molar-refractivity contribution in [2.45, 2.75) is 13.0 Å². The number of nitrogens with zero attached hydrogens (tertiary/aromatic N) is 1. The van der Waals surface area contributed by atoms with E-state index in [1.165, 1.54) is 6.07 Å². The molecule has 0 aliphatic carbocycles. The molecule has 3 rings (SSSR count). The molecule has 1 fully saturated rings. The molecule has 8 heteroatoms. The minimum absolute atomic E-state index is 0.0293. The summed E-state index contributed by atoms with van der Waals surface area (Å²) in [6, 6.07) is 7.90. The summed E-state index contributed by atoms with van der Waals surface area (Å²) in [6.45, 7) is 0.214. The predicted molar refractivity (Wildman–Crippen MR) is 95.1 cm³/mol. The fourth-order valence-corrected chi connectivity index (χ4v) is 3.28. The zero-order chi connectivity index (χ0) is 18.8. The van der Waals surface area contributed by atoms with E-state index in [1.54, 1.807) is 18.2 Å². The van der Waals surface area contributed by atoms with Gasteiger partial charge in [0.2, 0.25) is 11.8 Å².